The molecular weight excluding hydrogens is 198 g/mol. The van der Waals surface area contributed by atoms with Crippen molar-refractivity contribution in [2.45, 2.75) is 19.3 Å². The van der Waals surface area contributed by atoms with E-state index < -0.39 is 5.97 Å². The molecule has 1 N–H and O–H groups in total. The van der Waals surface area contributed by atoms with Gasteiger partial charge in [-0.1, -0.05) is 5.16 Å². The third-order valence-electron chi connectivity index (χ3n) is 1.85. The summed E-state index contributed by atoms with van der Waals surface area (Å²) >= 11 is 0. The summed E-state index contributed by atoms with van der Waals surface area (Å²) in [5.41, 5.74) is 0. The van der Waals surface area contributed by atoms with E-state index in [9.17, 15) is 4.79 Å². The zero-order valence-corrected chi connectivity index (χ0v) is 8.93. The lowest BCUT2D eigenvalue weighted by Gasteiger charge is -2.05. The molecular formula is C9H15N3O3. The molecule has 6 nitrogen and oxygen atoms in total. The van der Waals surface area contributed by atoms with Crippen molar-refractivity contribution in [2.75, 3.05) is 20.6 Å². The lowest BCUT2D eigenvalue weighted by Crippen LogP contribution is -2.15. The largest absolute Gasteiger partial charge is 0.481 e. The molecule has 6 heteroatoms. The van der Waals surface area contributed by atoms with Crippen molar-refractivity contribution in [3.63, 3.8) is 0 Å². The van der Waals surface area contributed by atoms with Crippen molar-refractivity contribution in [1.82, 2.24) is 15.0 Å². The molecule has 0 aromatic carbocycles. The minimum absolute atomic E-state index is 0.0231. The molecule has 1 aromatic rings. The van der Waals surface area contributed by atoms with Gasteiger partial charge < -0.3 is 14.5 Å². The molecule has 84 valence electrons. The first-order chi connectivity index (χ1) is 7.08. The Labute approximate surface area is 87.9 Å². The summed E-state index contributed by atoms with van der Waals surface area (Å²) in [5.74, 6) is 0.165. The summed E-state index contributed by atoms with van der Waals surface area (Å²) < 4.78 is 4.90. The van der Waals surface area contributed by atoms with Crippen LogP contribution in [0.4, 0.5) is 0 Å². The van der Waals surface area contributed by atoms with Gasteiger partial charge in [-0.3, -0.25) is 4.79 Å². The molecule has 15 heavy (non-hydrogen) atoms. The molecule has 0 saturated carbocycles. The summed E-state index contributed by atoms with van der Waals surface area (Å²) in [6.07, 6.45) is 1.03. The van der Waals surface area contributed by atoms with E-state index in [1.54, 1.807) is 0 Å². The highest BCUT2D eigenvalue weighted by Gasteiger charge is 2.08. The molecule has 0 aliphatic carbocycles. The zero-order valence-electron chi connectivity index (χ0n) is 8.93. The molecule has 1 aromatic heterocycles. The monoisotopic (exact) mass is 213 g/mol. The van der Waals surface area contributed by atoms with Gasteiger partial charge in [0.25, 0.3) is 0 Å². The number of rotatable bonds is 6. The Bertz CT molecular complexity index is 322. The van der Waals surface area contributed by atoms with E-state index in [2.05, 4.69) is 10.1 Å². The smallest absolute Gasteiger partial charge is 0.303 e. The van der Waals surface area contributed by atoms with Crippen LogP contribution < -0.4 is 0 Å². The van der Waals surface area contributed by atoms with Crippen molar-refractivity contribution < 1.29 is 14.4 Å². The first kappa shape index (κ1) is 11.6. The van der Waals surface area contributed by atoms with Crippen molar-refractivity contribution >= 4 is 5.97 Å². The molecule has 0 unspecified atom stereocenters. The van der Waals surface area contributed by atoms with Gasteiger partial charge in [-0.15, -0.1) is 0 Å². The van der Waals surface area contributed by atoms with Crippen molar-refractivity contribution in [3.8, 4) is 0 Å². The second-order valence-electron chi connectivity index (χ2n) is 3.55. The second kappa shape index (κ2) is 5.45. The van der Waals surface area contributed by atoms with Gasteiger partial charge in [-0.25, -0.2) is 0 Å². The maximum Gasteiger partial charge on any atom is 0.303 e. The fourth-order valence-corrected chi connectivity index (χ4v) is 1.03. The van der Waals surface area contributed by atoms with Crippen molar-refractivity contribution in [1.29, 1.82) is 0 Å². The molecule has 0 aliphatic rings. The van der Waals surface area contributed by atoms with Crippen LogP contribution in [0.25, 0.3) is 0 Å². The third kappa shape index (κ3) is 4.55. The van der Waals surface area contributed by atoms with Crippen molar-refractivity contribution in [3.05, 3.63) is 11.7 Å². The van der Waals surface area contributed by atoms with Crippen molar-refractivity contribution in [2.24, 2.45) is 0 Å². The third-order valence-corrected chi connectivity index (χ3v) is 1.85. The minimum atomic E-state index is -0.858. The van der Waals surface area contributed by atoms with E-state index in [0.29, 0.717) is 24.6 Å². The highest BCUT2D eigenvalue weighted by Crippen LogP contribution is 2.01. The average Bonchev–Trinajstić information content (AvgIpc) is 2.59. The van der Waals surface area contributed by atoms with Crippen LogP contribution in [0.1, 0.15) is 18.1 Å². The first-order valence-corrected chi connectivity index (χ1v) is 4.76. The molecule has 0 amide bonds. The Morgan fingerprint density at radius 2 is 2.20 bits per heavy atom. The molecule has 0 spiro atoms. The van der Waals surface area contributed by atoms with E-state index >= 15 is 0 Å². The lowest BCUT2D eigenvalue weighted by atomic mass is 10.3. The summed E-state index contributed by atoms with van der Waals surface area (Å²) in [6.45, 7) is 0.845. The number of aryl methyl sites for hydroxylation is 1. The van der Waals surface area contributed by atoms with E-state index in [-0.39, 0.29) is 6.42 Å². The van der Waals surface area contributed by atoms with Crippen LogP contribution in [0.5, 0.6) is 0 Å². The number of carbonyl (C=O) groups is 1. The van der Waals surface area contributed by atoms with Gasteiger partial charge in [0.05, 0.1) is 6.42 Å². The Balaban J connectivity index is 2.38. The fraction of sp³-hybridized carbons (Fsp3) is 0.667. The van der Waals surface area contributed by atoms with Gasteiger partial charge in [0.1, 0.15) is 0 Å². The van der Waals surface area contributed by atoms with Gasteiger partial charge in [0, 0.05) is 19.4 Å². The predicted molar refractivity (Wildman–Crippen MR) is 52.5 cm³/mol. The highest BCUT2D eigenvalue weighted by atomic mass is 16.5. The van der Waals surface area contributed by atoms with Gasteiger partial charge in [-0.05, 0) is 14.1 Å². The van der Waals surface area contributed by atoms with Gasteiger partial charge in [0.2, 0.25) is 5.89 Å². The van der Waals surface area contributed by atoms with Gasteiger partial charge in [-0.2, -0.15) is 4.98 Å². The average molecular weight is 213 g/mol. The van der Waals surface area contributed by atoms with Crippen LogP contribution in [0.2, 0.25) is 0 Å². The fourth-order valence-electron chi connectivity index (χ4n) is 1.03. The Morgan fingerprint density at radius 1 is 1.47 bits per heavy atom. The quantitative estimate of drug-likeness (QED) is 0.726. The molecule has 1 heterocycles. The number of likely N-dealkylation sites (N-methyl/N-ethyl adjacent to an activating group) is 1. The molecule has 0 aliphatic heterocycles. The molecule has 0 fully saturated rings. The minimum Gasteiger partial charge on any atom is -0.481 e. The van der Waals surface area contributed by atoms with Gasteiger partial charge >= 0.3 is 5.97 Å². The number of carboxylic acids is 1. The number of nitrogens with zero attached hydrogens (tertiary/aromatic N) is 3. The Kier molecular flexibility index (Phi) is 4.23. The normalized spacial score (nSPS) is 10.9. The number of carboxylic acid groups (broad SMARTS) is 1. The Hall–Kier alpha value is -1.43. The number of hydrogen-bond donors (Lipinski definition) is 1. The summed E-state index contributed by atoms with van der Waals surface area (Å²) in [5, 5.41) is 12.2. The number of aliphatic carboxylic acids is 1. The number of aromatic nitrogens is 2. The SMILES string of the molecule is CN(C)CCc1noc(CCC(=O)O)n1. The lowest BCUT2D eigenvalue weighted by molar-refractivity contribution is -0.137. The molecule has 0 atom stereocenters. The van der Waals surface area contributed by atoms with Crippen LogP contribution in [-0.2, 0) is 17.6 Å². The zero-order chi connectivity index (χ0) is 11.3. The Morgan fingerprint density at radius 3 is 2.80 bits per heavy atom. The predicted octanol–water partition coefficient (Wildman–Crippen LogP) is 0.191. The molecule has 0 bridgehead atoms. The van der Waals surface area contributed by atoms with Crippen LogP contribution in [-0.4, -0.2) is 46.8 Å². The van der Waals surface area contributed by atoms with E-state index in [0.717, 1.165) is 6.54 Å². The van der Waals surface area contributed by atoms with Crippen LogP contribution in [0.3, 0.4) is 0 Å². The second-order valence-corrected chi connectivity index (χ2v) is 3.55. The summed E-state index contributed by atoms with van der Waals surface area (Å²) in [7, 11) is 3.93. The van der Waals surface area contributed by atoms with Gasteiger partial charge in [0.15, 0.2) is 5.82 Å². The maximum atomic E-state index is 10.3. The van der Waals surface area contributed by atoms with E-state index in [4.69, 9.17) is 9.63 Å². The topological polar surface area (TPSA) is 79.5 Å². The molecule has 1 rings (SSSR count). The van der Waals surface area contributed by atoms with Crippen LogP contribution in [0, 0.1) is 0 Å². The summed E-state index contributed by atoms with van der Waals surface area (Å²) in [4.78, 5) is 16.4. The van der Waals surface area contributed by atoms with E-state index in [1.807, 2.05) is 19.0 Å². The highest BCUT2D eigenvalue weighted by molar-refractivity contribution is 5.66. The number of hydrogen-bond acceptors (Lipinski definition) is 5. The maximum absolute atomic E-state index is 10.3. The molecule has 0 saturated heterocycles. The molecule has 0 radical (unpaired) electrons. The van der Waals surface area contributed by atoms with Crippen LogP contribution >= 0.6 is 0 Å². The van der Waals surface area contributed by atoms with Crippen LogP contribution in [0.15, 0.2) is 4.52 Å². The standard InChI is InChI=1S/C9H15N3O3/c1-12(2)6-5-7-10-8(15-11-7)3-4-9(13)14/h3-6H2,1-2H3,(H,13,14). The summed E-state index contributed by atoms with van der Waals surface area (Å²) in [6, 6.07) is 0. The first-order valence-electron chi connectivity index (χ1n) is 4.76. The van der Waals surface area contributed by atoms with E-state index in [1.165, 1.54) is 0 Å².